The van der Waals surface area contributed by atoms with Crippen LogP contribution in [-0.4, -0.2) is 35.1 Å². The van der Waals surface area contributed by atoms with Crippen molar-refractivity contribution in [3.05, 3.63) is 69.2 Å². The number of amides is 2. The second-order valence-electron chi connectivity index (χ2n) is 7.01. The van der Waals surface area contributed by atoms with Gasteiger partial charge in [-0.2, -0.15) is 0 Å². The van der Waals surface area contributed by atoms with E-state index in [2.05, 4.69) is 5.32 Å². The van der Waals surface area contributed by atoms with Crippen molar-refractivity contribution in [1.29, 1.82) is 0 Å². The highest BCUT2D eigenvalue weighted by Gasteiger charge is 2.28. The predicted molar refractivity (Wildman–Crippen MR) is 127 cm³/mol. The molecular formula is C23H28Cl2N2O2S. The molecule has 0 spiro atoms. The summed E-state index contributed by atoms with van der Waals surface area (Å²) >= 11 is 13.5. The van der Waals surface area contributed by atoms with Gasteiger partial charge in [0.05, 0.1) is 15.8 Å². The van der Waals surface area contributed by atoms with Crippen LogP contribution in [-0.2, 0) is 21.9 Å². The van der Waals surface area contributed by atoms with Gasteiger partial charge >= 0.3 is 0 Å². The predicted octanol–water partition coefficient (Wildman–Crippen LogP) is 5.48. The number of aryl methyl sites for hydroxylation is 1. The molecule has 0 bridgehead atoms. The molecule has 0 aliphatic heterocycles. The van der Waals surface area contributed by atoms with Gasteiger partial charge in [0.2, 0.25) is 11.8 Å². The molecular weight excluding hydrogens is 439 g/mol. The maximum atomic E-state index is 13.2. The number of carbonyl (C=O) groups excluding carboxylic acids is 2. The second-order valence-corrected chi connectivity index (χ2v) is 8.81. The Bertz CT molecular complexity index is 876. The first-order valence-electron chi connectivity index (χ1n) is 10.0. The maximum absolute atomic E-state index is 13.2. The zero-order valence-corrected chi connectivity index (χ0v) is 19.9. The highest BCUT2D eigenvalue weighted by molar-refractivity contribution is 7.99. The van der Waals surface area contributed by atoms with Crippen LogP contribution in [0.3, 0.4) is 0 Å². The van der Waals surface area contributed by atoms with Gasteiger partial charge in [0.25, 0.3) is 0 Å². The molecule has 0 fully saturated rings. The van der Waals surface area contributed by atoms with Gasteiger partial charge in [-0.05, 0) is 49.1 Å². The lowest BCUT2D eigenvalue weighted by Gasteiger charge is -2.31. The average Bonchev–Trinajstić information content (AvgIpc) is 2.72. The molecule has 162 valence electrons. The fourth-order valence-corrected chi connectivity index (χ4v) is 4.33. The Hall–Kier alpha value is -1.69. The molecule has 2 aromatic rings. The smallest absolute Gasteiger partial charge is 0.242 e. The molecule has 1 N–H and O–H groups in total. The Morgan fingerprint density at radius 2 is 1.83 bits per heavy atom. The lowest BCUT2D eigenvalue weighted by atomic mass is 10.1. The summed E-state index contributed by atoms with van der Waals surface area (Å²) < 4.78 is 0. The van der Waals surface area contributed by atoms with Crippen LogP contribution in [0.2, 0.25) is 10.0 Å². The molecule has 2 rings (SSSR count). The molecule has 0 aromatic heterocycles. The normalized spacial score (nSPS) is 11.8. The van der Waals surface area contributed by atoms with Crippen molar-refractivity contribution in [2.75, 3.05) is 12.3 Å². The first-order valence-corrected chi connectivity index (χ1v) is 11.9. The number of thioether (sulfide) groups is 1. The Kier molecular flexibility index (Phi) is 10.0. The standard InChI is InChI=1S/C23H28Cl2N2O2S/c1-4-21(23(29)26-5-2)27(13-18-9-7-6-8-16(18)3)22(28)15-30-14-17-10-11-19(24)20(25)12-17/h6-12,21H,4-5,13-15H2,1-3H3,(H,26,29)/t21-/m0/s1. The molecule has 2 aromatic carbocycles. The van der Waals surface area contributed by atoms with Crippen molar-refractivity contribution in [2.45, 2.75) is 45.5 Å². The lowest BCUT2D eigenvalue weighted by Crippen LogP contribution is -2.49. The van der Waals surface area contributed by atoms with Crippen LogP contribution >= 0.6 is 35.0 Å². The average molecular weight is 467 g/mol. The summed E-state index contributed by atoms with van der Waals surface area (Å²) in [7, 11) is 0. The van der Waals surface area contributed by atoms with Crippen LogP contribution < -0.4 is 5.32 Å². The largest absolute Gasteiger partial charge is 0.355 e. The van der Waals surface area contributed by atoms with E-state index in [0.717, 1.165) is 16.7 Å². The van der Waals surface area contributed by atoms with Crippen molar-refractivity contribution in [3.63, 3.8) is 0 Å². The summed E-state index contributed by atoms with van der Waals surface area (Å²) in [5, 5.41) is 3.88. The third-order valence-electron chi connectivity index (χ3n) is 4.82. The first kappa shape index (κ1) is 24.6. The molecule has 0 aliphatic carbocycles. The number of likely N-dealkylation sites (N-methyl/N-ethyl adjacent to an activating group) is 1. The summed E-state index contributed by atoms with van der Waals surface area (Å²) in [5.74, 6) is 0.749. The fraction of sp³-hybridized carbons (Fsp3) is 0.391. The molecule has 0 heterocycles. The van der Waals surface area contributed by atoms with Gasteiger partial charge in [-0.15, -0.1) is 11.8 Å². The number of hydrogen-bond acceptors (Lipinski definition) is 3. The fourth-order valence-electron chi connectivity index (χ4n) is 3.15. The minimum absolute atomic E-state index is 0.0542. The maximum Gasteiger partial charge on any atom is 0.242 e. The quantitative estimate of drug-likeness (QED) is 0.504. The monoisotopic (exact) mass is 466 g/mol. The summed E-state index contributed by atoms with van der Waals surface area (Å²) in [4.78, 5) is 27.5. The Balaban J connectivity index is 2.13. The van der Waals surface area contributed by atoms with E-state index in [1.807, 2.05) is 57.2 Å². The van der Waals surface area contributed by atoms with Gasteiger partial charge in [-0.1, -0.05) is 60.5 Å². The second kappa shape index (κ2) is 12.2. The minimum atomic E-state index is -0.498. The number of hydrogen-bond donors (Lipinski definition) is 1. The minimum Gasteiger partial charge on any atom is -0.355 e. The molecule has 0 saturated carbocycles. The third kappa shape index (κ3) is 6.93. The Morgan fingerprint density at radius 1 is 1.10 bits per heavy atom. The Labute approximate surface area is 193 Å². The number of benzene rings is 2. The van der Waals surface area contributed by atoms with Crippen molar-refractivity contribution in [2.24, 2.45) is 0 Å². The van der Waals surface area contributed by atoms with Crippen molar-refractivity contribution in [3.8, 4) is 0 Å². The van der Waals surface area contributed by atoms with Gasteiger partial charge in [-0.3, -0.25) is 9.59 Å². The molecule has 4 nitrogen and oxygen atoms in total. The number of halogens is 2. The number of nitrogens with zero attached hydrogens (tertiary/aromatic N) is 1. The van der Waals surface area contributed by atoms with Gasteiger partial charge in [0, 0.05) is 18.8 Å². The first-order chi connectivity index (χ1) is 14.4. The van der Waals surface area contributed by atoms with Crippen LogP contribution in [0.15, 0.2) is 42.5 Å². The molecule has 30 heavy (non-hydrogen) atoms. The van der Waals surface area contributed by atoms with Gasteiger partial charge in [0.15, 0.2) is 0 Å². The zero-order chi connectivity index (χ0) is 22.1. The van der Waals surface area contributed by atoms with E-state index in [1.165, 1.54) is 11.8 Å². The van der Waals surface area contributed by atoms with E-state index in [-0.39, 0.29) is 17.6 Å². The molecule has 2 amide bonds. The van der Waals surface area contributed by atoms with Crippen molar-refractivity contribution >= 4 is 46.8 Å². The van der Waals surface area contributed by atoms with E-state index in [1.54, 1.807) is 11.0 Å². The highest BCUT2D eigenvalue weighted by atomic mass is 35.5. The van der Waals surface area contributed by atoms with Crippen LogP contribution in [0.25, 0.3) is 0 Å². The topological polar surface area (TPSA) is 49.4 Å². The van der Waals surface area contributed by atoms with Crippen LogP contribution in [0.5, 0.6) is 0 Å². The van der Waals surface area contributed by atoms with Crippen molar-refractivity contribution in [1.82, 2.24) is 10.2 Å². The van der Waals surface area contributed by atoms with E-state index in [0.29, 0.717) is 35.3 Å². The van der Waals surface area contributed by atoms with E-state index in [9.17, 15) is 9.59 Å². The molecule has 0 unspecified atom stereocenters. The number of carbonyl (C=O) groups is 2. The zero-order valence-electron chi connectivity index (χ0n) is 17.6. The molecule has 1 atom stereocenters. The third-order valence-corrected chi connectivity index (χ3v) is 6.54. The molecule has 0 aliphatic rings. The molecule has 0 saturated heterocycles. The number of nitrogens with one attached hydrogen (secondary N) is 1. The van der Waals surface area contributed by atoms with Crippen molar-refractivity contribution < 1.29 is 9.59 Å². The van der Waals surface area contributed by atoms with E-state index in [4.69, 9.17) is 23.2 Å². The van der Waals surface area contributed by atoms with E-state index < -0.39 is 6.04 Å². The number of rotatable bonds is 10. The highest BCUT2D eigenvalue weighted by Crippen LogP contribution is 2.25. The summed E-state index contributed by atoms with van der Waals surface area (Å²) in [6.07, 6.45) is 0.556. The SMILES string of the molecule is CCNC(=O)[C@H](CC)N(Cc1ccccc1C)C(=O)CSCc1ccc(Cl)c(Cl)c1. The van der Waals surface area contributed by atoms with Gasteiger partial charge in [0.1, 0.15) is 6.04 Å². The van der Waals surface area contributed by atoms with Gasteiger partial charge < -0.3 is 10.2 Å². The summed E-state index contributed by atoms with van der Waals surface area (Å²) in [5.41, 5.74) is 3.15. The summed E-state index contributed by atoms with van der Waals surface area (Å²) in [6.45, 7) is 6.78. The lowest BCUT2D eigenvalue weighted by molar-refractivity contribution is -0.139. The Morgan fingerprint density at radius 3 is 2.47 bits per heavy atom. The van der Waals surface area contributed by atoms with E-state index >= 15 is 0 Å². The van der Waals surface area contributed by atoms with Crippen LogP contribution in [0.1, 0.15) is 37.0 Å². The van der Waals surface area contributed by atoms with Crippen LogP contribution in [0.4, 0.5) is 0 Å². The molecule has 7 heteroatoms. The summed E-state index contributed by atoms with van der Waals surface area (Å²) in [6, 6.07) is 12.9. The molecule has 0 radical (unpaired) electrons. The van der Waals surface area contributed by atoms with Gasteiger partial charge in [-0.25, -0.2) is 0 Å². The van der Waals surface area contributed by atoms with Crippen LogP contribution in [0, 0.1) is 6.92 Å².